The lowest BCUT2D eigenvalue weighted by atomic mass is 10.2. The van der Waals surface area contributed by atoms with E-state index >= 15 is 0 Å². The molecule has 1 unspecified atom stereocenters. The highest BCUT2D eigenvalue weighted by atomic mass is 15.1. The first-order chi connectivity index (χ1) is 7.24. The molecule has 1 aromatic heterocycles. The SMILES string of the molecule is CC(CCN)N(C)CCCn1ccnc1. The number of nitrogens with two attached hydrogens (primary N) is 1. The van der Waals surface area contributed by atoms with E-state index < -0.39 is 0 Å². The van der Waals surface area contributed by atoms with E-state index in [1.807, 2.05) is 18.7 Å². The van der Waals surface area contributed by atoms with Crippen molar-refractivity contribution in [1.82, 2.24) is 14.5 Å². The van der Waals surface area contributed by atoms with E-state index in [1.54, 1.807) is 0 Å². The normalized spacial score (nSPS) is 13.3. The van der Waals surface area contributed by atoms with Crippen LogP contribution >= 0.6 is 0 Å². The molecule has 0 fully saturated rings. The molecular formula is C11H22N4. The van der Waals surface area contributed by atoms with E-state index in [2.05, 4.69) is 28.4 Å². The summed E-state index contributed by atoms with van der Waals surface area (Å²) in [4.78, 5) is 6.38. The van der Waals surface area contributed by atoms with Gasteiger partial charge in [-0.1, -0.05) is 0 Å². The quantitative estimate of drug-likeness (QED) is 0.728. The molecular weight excluding hydrogens is 188 g/mol. The van der Waals surface area contributed by atoms with E-state index in [1.165, 1.54) is 0 Å². The molecule has 0 aliphatic carbocycles. The average molecular weight is 210 g/mol. The summed E-state index contributed by atoms with van der Waals surface area (Å²) in [5.41, 5.74) is 5.53. The van der Waals surface area contributed by atoms with Gasteiger partial charge in [0.25, 0.3) is 0 Å². The minimum atomic E-state index is 0.581. The van der Waals surface area contributed by atoms with Gasteiger partial charge in [0.1, 0.15) is 0 Å². The number of rotatable bonds is 7. The Morgan fingerprint density at radius 3 is 2.93 bits per heavy atom. The summed E-state index contributed by atoms with van der Waals surface area (Å²) in [7, 11) is 2.16. The van der Waals surface area contributed by atoms with Crippen LogP contribution in [0.1, 0.15) is 19.8 Å². The van der Waals surface area contributed by atoms with Gasteiger partial charge in [-0.15, -0.1) is 0 Å². The maximum atomic E-state index is 5.53. The van der Waals surface area contributed by atoms with Crippen molar-refractivity contribution in [2.45, 2.75) is 32.4 Å². The molecule has 1 aromatic rings. The lowest BCUT2D eigenvalue weighted by molar-refractivity contribution is 0.241. The molecule has 1 heterocycles. The lowest BCUT2D eigenvalue weighted by Gasteiger charge is -2.24. The van der Waals surface area contributed by atoms with E-state index in [4.69, 9.17) is 5.73 Å². The first-order valence-electron chi connectivity index (χ1n) is 5.60. The highest BCUT2D eigenvalue weighted by Gasteiger charge is 2.06. The van der Waals surface area contributed by atoms with E-state index in [9.17, 15) is 0 Å². The highest BCUT2D eigenvalue weighted by molar-refractivity contribution is 4.74. The summed E-state index contributed by atoms with van der Waals surface area (Å²) < 4.78 is 2.11. The summed E-state index contributed by atoms with van der Waals surface area (Å²) in [6.07, 6.45) is 7.91. The number of hydrogen-bond acceptors (Lipinski definition) is 3. The Balaban J connectivity index is 2.14. The Morgan fingerprint density at radius 1 is 1.53 bits per heavy atom. The van der Waals surface area contributed by atoms with Crippen molar-refractivity contribution in [2.24, 2.45) is 5.73 Å². The Morgan fingerprint density at radius 2 is 2.33 bits per heavy atom. The van der Waals surface area contributed by atoms with E-state index in [0.29, 0.717) is 6.04 Å². The lowest BCUT2D eigenvalue weighted by Crippen LogP contribution is -2.32. The molecule has 4 heteroatoms. The molecule has 0 aliphatic heterocycles. The molecule has 0 aliphatic rings. The fourth-order valence-electron chi connectivity index (χ4n) is 1.60. The Kier molecular flexibility index (Phi) is 5.36. The van der Waals surface area contributed by atoms with E-state index in [0.717, 1.165) is 32.5 Å². The van der Waals surface area contributed by atoms with Crippen LogP contribution in [0.3, 0.4) is 0 Å². The van der Waals surface area contributed by atoms with Crippen LogP contribution in [0.2, 0.25) is 0 Å². The van der Waals surface area contributed by atoms with Gasteiger partial charge in [-0.2, -0.15) is 0 Å². The molecule has 0 spiro atoms. The van der Waals surface area contributed by atoms with Crippen LogP contribution in [0.5, 0.6) is 0 Å². The van der Waals surface area contributed by atoms with Crippen LogP contribution in [0, 0.1) is 0 Å². The standard InChI is InChI=1S/C11H22N4/c1-11(4-5-12)14(2)7-3-8-15-9-6-13-10-15/h6,9-11H,3-5,7-8,12H2,1-2H3. The zero-order valence-electron chi connectivity index (χ0n) is 9.76. The zero-order valence-corrected chi connectivity index (χ0v) is 9.76. The van der Waals surface area contributed by atoms with Crippen molar-refractivity contribution >= 4 is 0 Å². The molecule has 0 amide bonds. The van der Waals surface area contributed by atoms with Crippen molar-refractivity contribution in [3.05, 3.63) is 18.7 Å². The summed E-state index contributed by atoms with van der Waals surface area (Å²) in [5.74, 6) is 0. The molecule has 86 valence electrons. The molecule has 15 heavy (non-hydrogen) atoms. The van der Waals surface area contributed by atoms with Crippen LogP contribution < -0.4 is 5.73 Å². The Labute approximate surface area is 92.1 Å². The zero-order chi connectivity index (χ0) is 11.1. The summed E-state index contributed by atoms with van der Waals surface area (Å²) >= 11 is 0. The minimum absolute atomic E-state index is 0.581. The van der Waals surface area contributed by atoms with Gasteiger partial charge in [0, 0.05) is 25.0 Å². The molecule has 0 saturated heterocycles. The number of hydrogen-bond donors (Lipinski definition) is 1. The van der Waals surface area contributed by atoms with Gasteiger partial charge in [-0.3, -0.25) is 0 Å². The Hall–Kier alpha value is -0.870. The molecule has 0 aromatic carbocycles. The van der Waals surface area contributed by atoms with Crippen molar-refractivity contribution in [3.8, 4) is 0 Å². The van der Waals surface area contributed by atoms with Gasteiger partial charge in [0.15, 0.2) is 0 Å². The Bertz CT molecular complexity index is 245. The fourth-order valence-corrected chi connectivity index (χ4v) is 1.60. The molecule has 0 saturated carbocycles. The maximum absolute atomic E-state index is 5.53. The number of aromatic nitrogens is 2. The van der Waals surface area contributed by atoms with Crippen molar-refractivity contribution in [2.75, 3.05) is 20.1 Å². The minimum Gasteiger partial charge on any atom is -0.337 e. The number of nitrogens with zero attached hydrogens (tertiary/aromatic N) is 3. The van der Waals surface area contributed by atoms with Gasteiger partial charge in [-0.25, -0.2) is 4.98 Å². The average Bonchev–Trinajstić information content (AvgIpc) is 2.71. The second kappa shape index (κ2) is 6.58. The summed E-state index contributed by atoms with van der Waals surface area (Å²) in [5, 5.41) is 0. The van der Waals surface area contributed by atoms with E-state index in [-0.39, 0.29) is 0 Å². The smallest absolute Gasteiger partial charge is 0.0945 e. The molecule has 2 N–H and O–H groups in total. The number of imidazole rings is 1. The third kappa shape index (κ3) is 4.44. The van der Waals surface area contributed by atoms with Gasteiger partial charge in [0.05, 0.1) is 6.33 Å². The van der Waals surface area contributed by atoms with Gasteiger partial charge in [-0.05, 0) is 39.9 Å². The monoisotopic (exact) mass is 210 g/mol. The molecule has 1 rings (SSSR count). The predicted molar refractivity (Wildman–Crippen MR) is 62.6 cm³/mol. The summed E-state index contributed by atoms with van der Waals surface area (Å²) in [6.45, 7) is 5.15. The van der Waals surface area contributed by atoms with Crippen molar-refractivity contribution < 1.29 is 0 Å². The van der Waals surface area contributed by atoms with Crippen LogP contribution in [0.4, 0.5) is 0 Å². The third-order valence-corrected chi connectivity index (χ3v) is 2.82. The van der Waals surface area contributed by atoms with Gasteiger partial charge < -0.3 is 15.2 Å². The van der Waals surface area contributed by atoms with Crippen molar-refractivity contribution in [1.29, 1.82) is 0 Å². The van der Waals surface area contributed by atoms with Gasteiger partial charge in [0.2, 0.25) is 0 Å². The second-order valence-corrected chi connectivity index (χ2v) is 4.06. The third-order valence-electron chi connectivity index (χ3n) is 2.82. The van der Waals surface area contributed by atoms with Crippen LogP contribution in [-0.4, -0.2) is 40.6 Å². The molecule has 1 atom stereocenters. The second-order valence-electron chi connectivity index (χ2n) is 4.06. The predicted octanol–water partition coefficient (Wildman–Crippen LogP) is 0.942. The largest absolute Gasteiger partial charge is 0.337 e. The highest BCUT2D eigenvalue weighted by Crippen LogP contribution is 2.01. The molecule has 4 nitrogen and oxygen atoms in total. The van der Waals surface area contributed by atoms with Gasteiger partial charge >= 0.3 is 0 Å². The number of aryl methyl sites for hydroxylation is 1. The summed E-state index contributed by atoms with van der Waals surface area (Å²) in [6, 6.07) is 0.581. The first kappa shape index (κ1) is 12.2. The fraction of sp³-hybridized carbons (Fsp3) is 0.727. The van der Waals surface area contributed by atoms with Crippen LogP contribution in [-0.2, 0) is 6.54 Å². The van der Waals surface area contributed by atoms with Crippen LogP contribution in [0.15, 0.2) is 18.7 Å². The van der Waals surface area contributed by atoms with Crippen molar-refractivity contribution in [3.63, 3.8) is 0 Å². The van der Waals surface area contributed by atoms with Crippen LogP contribution in [0.25, 0.3) is 0 Å². The first-order valence-corrected chi connectivity index (χ1v) is 5.60. The molecule has 0 radical (unpaired) electrons. The topological polar surface area (TPSA) is 47.1 Å². The molecule has 0 bridgehead atoms. The maximum Gasteiger partial charge on any atom is 0.0945 e.